The molecule has 0 bridgehead atoms. The molecule has 2 aliphatic heterocycles. The summed E-state index contributed by atoms with van der Waals surface area (Å²) in [7, 11) is 0. The van der Waals surface area contributed by atoms with E-state index in [9.17, 15) is 0 Å². The number of aryl methyl sites for hydroxylation is 1. The highest BCUT2D eigenvalue weighted by Gasteiger charge is 2.30. The lowest BCUT2D eigenvalue weighted by atomic mass is 9.97. The lowest BCUT2D eigenvalue weighted by molar-refractivity contribution is 0.0294. The van der Waals surface area contributed by atoms with Crippen LogP contribution in [-0.2, 0) is 6.42 Å². The Labute approximate surface area is 123 Å². The van der Waals surface area contributed by atoms with Crippen molar-refractivity contribution in [2.45, 2.75) is 51.1 Å². The molecule has 2 atom stereocenters. The normalized spacial score (nSPS) is 26.1. The maximum absolute atomic E-state index is 2.73. The molecule has 0 spiro atoms. The molecule has 0 N–H and O–H groups in total. The van der Waals surface area contributed by atoms with E-state index in [1.165, 1.54) is 63.8 Å². The van der Waals surface area contributed by atoms with E-state index >= 15 is 0 Å². The van der Waals surface area contributed by atoms with Crippen molar-refractivity contribution < 1.29 is 0 Å². The van der Waals surface area contributed by atoms with E-state index in [1.54, 1.807) is 0 Å². The predicted octanol–water partition coefficient (Wildman–Crippen LogP) is 3.18. The van der Waals surface area contributed by atoms with E-state index in [4.69, 9.17) is 0 Å². The molecule has 3 rings (SSSR count). The third-order valence-corrected chi connectivity index (χ3v) is 5.19. The molecule has 2 heterocycles. The van der Waals surface area contributed by atoms with E-state index in [-0.39, 0.29) is 0 Å². The second-order valence-electron chi connectivity index (χ2n) is 6.55. The molecule has 0 aliphatic carbocycles. The van der Waals surface area contributed by atoms with Gasteiger partial charge in [-0.1, -0.05) is 36.8 Å². The van der Waals surface area contributed by atoms with Crippen LogP contribution in [0.3, 0.4) is 0 Å². The van der Waals surface area contributed by atoms with Crippen LogP contribution < -0.4 is 0 Å². The number of rotatable bonds is 4. The third-order valence-electron chi connectivity index (χ3n) is 5.19. The summed E-state index contributed by atoms with van der Waals surface area (Å²) >= 11 is 0. The smallest absolute Gasteiger partial charge is 0.0223 e. The summed E-state index contributed by atoms with van der Waals surface area (Å²) in [5.74, 6) is 0. The highest BCUT2D eigenvalue weighted by molar-refractivity contribution is 5.14. The fourth-order valence-electron chi connectivity index (χ4n) is 3.78. The fraction of sp³-hybridized carbons (Fsp3) is 0.667. The Hall–Kier alpha value is -0.860. The van der Waals surface area contributed by atoms with Crippen LogP contribution in [0.25, 0.3) is 0 Å². The number of benzene rings is 1. The zero-order chi connectivity index (χ0) is 13.8. The van der Waals surface area contributed by atoms with Gasteiger partial charge in [-0.05, 0) is 44.7 Å². The molecule has 2 saturated heterocycles. The quantitative estimate of drug-likeness (QED) is 0.830. The van der Waals surface area contributed by atoms with Crippen LogP contribution in [0.2, 0.25) is 0 Å². The average molecular weight is 272 g/mol. The molecule has 2 aliphatic rings. The molecule has 2 heteroatoms. The molecule has 1 aromatic rings. The number of hydrogen-bond acceptors (Lipinski definition) is 2. The number of fused-ring (bicyclic) bond motifs is 1. The summed E-state index contributed by atoms with van der Waals surface area (Å²) in [6, 6.07) is 12.5. The number of piperidine rings is 1. The first-order valence-electron chi connectivity index (χ1n) is 8.35. The standard InChI is InChI=1S/C18H28N2/c1-16(10-11-17-7-3-2-4-8-17)20-14-13-19-12-6-5-9-18(19)15-20/h2-4,7-8,16,18H,5-6,9-15H2,1H3. The first-order chi connectivity index (χ1) is 9.83. The SMILES string of the molecule is CC(CCc1ccccc1)N1CCN2CCCCC2C1. The Balaban J connectivity index is 1.49. The summed E-state index contributed by atoms with van der Waals surface area (Å²) in [4.78, 5) is 5.46. The number of piperazine rings is 1. The van der Waals surface area contributed by atoms with Crippen molar-refractivity contribution in [3.8, 4) is 0 Å². The lowest BCUT2D eigenvalue weighted by Gasteiger charge is -2.46. The van der Waals surface area contributed by atoms with Crippen molar-refractivity contribution in [3.05, 3.63) is 35.9 Å². The summed E-state index contributed by atoms with van der Waals surface area (Å²) in [6.07, 6.45) is 6.78. The monoisotopic (exact) mass is 272 g/mol. The molecule has 20 heavy (non-hydrogen) atoms. The minimum atomic E-state index is 0.722. The Bertz CT molecular complexity index is 403. The van der Waals surface area contributed by atoms with Gasteiger partial charge in [-0.3, -0.25) is 9.80 Å². The van der Waals surface area contributed by atoms with Crippen LogP contribution in [0, 0.1) is 0 Å². The predicted molar refractivity (Wildman–Crippen MR) is 85.0 cm³/mol. The van der Waals surface area contributed by atoms with Gasteiger partial charge in [-0.2, -0.15) is 0 Å². The van der Waals surface area contributed by atoms with Crippen LogP contribution in [0.5, 0.6) is 0 Å². The zero-order valence-corrected chi connectivity index (χ0v) is 12.8. The van der Waals surface area contributed by atoms with E-state index in [0.29, 0.717) is 0 Å². The van der Waals surface area contributed by atoms with Gasteiger partial charge in [0.15, 0.2) is 0 Å². The minimum absolute atomic E-state index is 0.722. The average Bonchev–Trinajstić information content (AvgIpc) is 2.53. The molecule has 0 amide bonds. The molecule has 0 saturated carbocycles. The number of nitrogens with zero attached hydrogens (tertiary/aromatic N) is 2. The molecule has 2 fully saturated rings. The second kappa shape index (κ2) is 6.73. The first kappa shape index (κ1) is 14.1. The highest BCUT2D eigenvalue weighted by atomic mass is 15.3. The van der Waals surface area contributed by atoms with Crippen molar-refractivity contribution >= 4 is 0 Å². The van der Waals surface area contributed by atoms with Crippen molar-refractivity contribution in [1.82, 2.24) is 9.80 Å². The van der Waals surface area contributed by atoms with Gasteiger partial charge in [-0.25, -0.2) is 0 Å². The summed E-state index contributed by atoms with van der Waals surface area (Å²) in [6.45, 7) is 7.63. The molecule has 0 radical (unpaired) electrons. The van der Waals surface area contributed by atoms with Crippen LogP contribution in [0.15, 0.2) is 30.3 Å². The molecular formula is C18H28N2. The van der Waals surface area contributed by atoms with Gasteiger partial charge in [0, 0.05) is 31.7 Å². The van der Waals surface area contributed by atoms with Gasteiger partial charge in [-0.15, -0.1) is 0 Å². The Kier molecular flexibility index (Phi) is 4.74. The first-order valence-corrected chi connectivity index (χ1v) is 8.35. The van der Waals surface area contributed by atoms with Gasteiger partial charge >= 0.3 is 0 Å². The van der Waals surface area contributed by atoms with Gasteiger partial charge < -0.3 is 0 Å². The van der Waals surface area contributed by atoms with Crippen molar-refractivity contribution in [3.63, 3.8) is 0 Å². The topological polar surface area (TPSA) is 6.48 Å². The minimum Gasteiger partial charge on any atom is -0.298 e. The molecule has 2 nitrogen and oxygen atoms in total. The summed E-state index contributed by atoms with van der Waals surface area (Å²) in [5, 5.41) is 0. The van der Waals surface area contributed by atoms with E-state index in [2.05, 4.69) is 47.1 Å². The molecule has 2 unspecified atom stereocenters. The molecular weight excluding hydrogens is 244 g/mol. The van der Waals surface area contributed by atoms with E-state index < -0.39 is 0 Å². The van der Waals surface area contributed by atoms with Gasteiger partial charge in [0.1, 0.15) is 0 Å². The largest absolute Gasteiger partial charge is 0.298 e. The molecule has 1 aromatic carbocycles. The van der Waals surface area contributed by atoms with Crippen molar-refractivity contribution in [2.75, 3.05) is 26.2 Å². The van der Waals surface area contributed by atoms with Gasteiger partial charge in [0.2, 0.25) is 0 Å². The fourth-order valence-corrected chi connectivity index (χ4v) is 3.78. The van der Waals surface area contributed by atoms with Gasteiger partial charge in [0.25, 0.3) is 0 Å². The Morgan fingerprint density at radius 3 is 2.80 bits per heavy atom. The van der Waals surface area contributed by atoms with Gasteiger partial charge in [0.05, 0.1) is 0 Å². The van der Waals surface area contributed by atoms with Crippen molar-refractivity contribution in [1.29, 1.82) is 0 Å². The third kappa shape index (κ3) is 3.42. The van der Waals surface area contributed by atoms with Crippen LogP contribution in [0.1, 0.15) is 38.2 Å². The Morgan fingerprint density at radius 2 is 1.95 bits per heavy atom. The van der Waals surface area contributed by atoms with Crippen LogP contribution in [0.4, 0.5) is 0 Å². The number of hydrogen-bond donors (Lipinski definition) is 0. The summed E-state index contributed by atoms with van der Waals surface area (Å²) < 4.78 is 0. The van der Waals surface area contributed by atoms with Crippen LogP contribution in [-0.4, -0.2) is 48.1 Å². The second-order valence-corrected chi connectivity index (χ2v) is 6.55. The van der Waals surface area contributed by atoms with Crippen LogP contribution >= 0.6 is 0 Å². The molecule has 0 aromatic heterocycles. The lowest BCUT2D eigenvalue weighted by Crippen LogP contribution is -2.56. The summed E-state index contributed by atoms with van der Waals surface area (Å²) in [5.41, 5.74) is 1.48. The van der Waals surface area contributed by atoms with Crippen molar-refractivity contribution in [2.24, 2.45) is 0 Å². The highest BCUT2D eigenvalue weighted by Crippen LogP contribution is 2.23. The zero-order valence-electron chi connectivity index (χ0n) is 12.8. The van der Waals surface area contributed by atoms with E-state index in [1.807, 2.05) is 0 Å². The van der Waals surface area contributed by atoms with E-state index in [0.717, 1.165) is 12.1 Å². The maximum Gasteiger partial charge on any atom is 0.0223 e. The Morgan fingerprint density at radius 1 is 1.10 bits per heavy atom. The molecule has 110 valence electrons. The maximum atomic E-state index is 2.73.